The molecular formula is C19H12N4O5S. The molecule has 3 aromatic rings. The van der Waals surface area contributed by atoms with Crippen LogP contribution in [-0.4, -0.2) is 20.3 Å². The van der Waals surface area contributed by atoms with E-state index in [9.17, 15) is 25.0 Å². The Morgan fingerprint density at radius 1 is 1.17 bits per heavy atom. The van der Waals surface area contributed by atoms with Crippen molar-refractivity contribution in [1.29, 1.82) is 0 Å². The van der Waals surface area contributed by atoms with Gasteiger partial charge in [0.25, 0.3) is 17.3 Å². The zero-order valence-electron chi connectivity index (χ0n) is 14.7. The number of nitro benzene ring substituents is 2. The van der Waals surface area contributed by atoms with Gasteiger partial charge in [0.05, 0.1) is 26.6 Å². The average molecular weight is 408 g/mol. The van der Waals surface area contributed by atoms with E-state index in [4.69, 9.17) is 6.42 Å². The molecule has 144 valence electrons. The molecule has 29 heavy (non-hydrogen) atoms. The highest BCUT2D eigenvalue weighted by Crippen LogP contribution is 2.23. The van der Waals surface area contributed by atoms with E-state index in [1.165, 1.54) is 53.8 Å². The highest BCUT2D eigenvalue weighted by Gasteiger charge is 2.12. The lowest BCUT2D eigenvalue weighted by atomic mass is 10.2. The van der Waals surface area contributed by atoms with Gasteiger partial charge in [-0.2, -0.15) is 4.99 Å². The third-order valence-corrected chi connectivity index (χ3v) is 4.89. The maximum Gasteiger partial charge on any atom is 0.272 e. The number of amides is 1. The summed E-state index contributed by atoms with van der Waals surface area (Å²) in [6.07, 6.45) is 7.99. The quantitative estimate of drug-likeness (QED) is 0.278. The van der Waals surface area contributed by atoms with Crippen LogP contribution in [0.2, 0.25) is 0 Å². The molecule has 0 fully saturated rings. The molecule has 0 atom stereocenters. The topological polar surface area (TPSA) is 121 Å². The number of non-ortho nitro benzene ring substituents is 2. The molecule has 0 spiro atoms. The molecule has 0 N–H and O–H groups in total. The van der Waals surface area contributed by atoms with Gasteiger partial charge < -0.3 is 4.57 Å². The minimum Gasteiger partial charge on any atom is -0.304 e. The van der Waals surface area contributed by atoms with Crippen LogP contribution in [0.1, 0.15) is 5.56 Å². The van der Waals surface area contributed by atoms with Crippen molar-refractivity contribution < 1.29 is 14.6 Å². The standard InChI is InChI=1S/C19H12N4O5S/c1-2-10-21-16-12-15(23(27)28)7-8-17(16)29-19(21)20-18(24)9-6-13-4-3-5-14(11-13)22(25)26/h1,3-9,11-12H,10H2. The van der Waals surface area contributed by atoms with Crippen LogP contribution in [-0.2, 0) is 11.3 Å². The Bertz CT molecular complexity index is 1280. The average Bonchev–Trinajstić information content (AvgIpc) is 3.03. The van der Waals surface area contributed by atoms with Crippen molar-refractivity contribution in [2.45, 2.75) is 6.54 Å². The van der Waals surface area contributed by atoms with Gasteiger partial charge in [-0.15, -0.1) is 6.42 Å². The Balaban J connectivity index is 1.98. The summed E-state index contributed by atoms with van der Waals surface area (Å²) in [6.45, 7) is 0.0852. The highest BCUT2D eigenvalue weighted by atomic mass is 32.1. The van der Waals surface area contributed by atoms with Crippen LogP contribution < -0.4 is 4.80 Å². The fourth-order valence-corrected chi connectivity index (χ4v) is 3.56. The van der Waals surface area contributed by atoms with E-state index in [0.29, 0.717) is 20.6 Å². The number of nitro groups is 2. The molecule has 1 amide bonds. The zero-order chi connectivity index (χ0) is 21.0. The van der Waals surface area contributed by atoms with E-state index in [2.05, 4.69) is 10.9 Å². The molecule has 0 aliphatic heterocycles. The van der Waals surface area contributed by atoms with Crippen molar-refractivity contribution >= 4 is 44.9 Å². The number of rotatable bonds is 5. The highest BCUT2D eigenvalue weighted by molar-refractivity contribution is 7.16. The predicted molar refractivity (Wildman–Crippen MR) is 108 cm³/mol. The van der Waals surface area contributed by atoms with Crippen molar-refractivity contribution in [2.75, 3.05) is 0 Å². The van der Waals surface area contributed by atoms with E-state index < -0.39 is 15.8 Å². The summed E-state index contributed by atoms with van der Waals surface area (Å²) in [5, 5.41) is 21.8. The maximum absolute atomic E-state index is 12.3. The van der Waals surface area contributed by atoms with Crippen molar-refractivity contribution in [1.82, 2.24) is 4.57 Å². The second-order valence-electron chi connectivity index (χ2n) is 5.72. The van der Waals surface area contributed by atoms with Gasteiger partial charge in [0.2, 0.25) is 0 Å². The third-order valence-electron chi connectivity index (χ3n) is 3.83. The summed E-state index contributed by atoms with van der Waals surface area (Å²) < 4.78 is 2.24. The van der Waals surface area contributed by atoms with Crippen molar-refractivity contribution in [3.8, 4) is 12.3 Å². The maximum atomic E-state index is 12.3. The van der Waals surface area contributed by atoms with Gasteiger partial charge in [0, 0.05) is 30.3 Å². The van der Waals surface area contributed by atoms with Gasteiger partial charge in [-0.3, -0.25) is 25.0 Å². The second kappa shape index (κ2) is 8.28. The van der Waals surface area contributed by atoms with Crippen molar-refractivity contribution in [2.24, 2.45) is 4.99 Å². The van der Waals surface area contributed by atoms with Crippen LogP contribution >= 0.6 is 11.3 Å². The lowest BCUT2D eigenvalue weighted by Gasteiger charge is -1.99. The summed E-state index contributed by atoms with van der Waals surface area (Å²) in [6, 6.07) is 10.1. The van der Waals surface area contributed by atoms with Crippen LogP contribution in [0.5, 0.6) is 0 Å². The molecule has 0 aliphatic rings. The van der Waals surface area contributed by atoms with Crippen LogP contribution in [0.15, 0.2) is 53.5 Å². The molecule has 0 unspecified atom stereocenters. The number of hydrogen-bond acceptors (Lipinski definition) is 6. The first-order valence-electron chi connectivity index (χ1n) is 8.11. The smallest absolute Gasteiger partial charge is 0.272 e. The normalized spacial score (nSPS) is 11.6. The molecule has 2 aromatic carbocycles. The first kappa shape index (κ1) is 19.7. The molecule has 9 nitrogen and oxygen atoms in total. The van der Waals surface area contributed by atoms with Gasteiger partial charge in [0.15, 0.2) is 4.80 Å². The molecule has 10 heteroatoms. The summed E-state index contributed by atoms with van der Waals surface area (Å²) in [5.41, 5.74) is 0.807. The fourth-order valence-electron chi connectivity index (χ4n) is 2.54. The zero-order valence-corrected chi connectivity index (χ0v) is 15.5. The summed E-state index contributed by atoms with van der Waals surface area (Å²) in [7, 11) is 0. The Labute approximate surface area is 167 Å². The number of aromatic nitrogens is 1. The molecule has 3 rings (SSSR count). The molecule has 0 saturated carbocycles. The van der Waals surface area contributed by atoms with E-state index in [-0.39, 0.29) is 17.9 Å². The van der Waals surface area contributed by atoms with Gasteiger partial charge in [0.1, 0.15) is 0 Å². The number of benzene rings is 2. The number of terminal acetylenes is 1. The van der Waals surface area contributed by atoms with E-state index in [0.717, 1.165) is 0 Å². The van der Waals surface area contributed by atoms with E-state index in [1.807, 2.05) is 0 Å². The Hall–Kier alpha value is -4.10. The monoisotopic (exact) mass is 408 g/mol. The molecule has 0 radical (unpaired) electrons. The van der Waals surface area contributed by atoms with E-state index >= 15 is 0 Å². The summed E-state index contributed by atoms with van der Waals surface area (Å²) in [4.78, 5) is 37.4. The third kappa shape index (κ3) is 4.42. The minimum absolute atomic E-state index is 0.0852. The summed E-state index contributed by atoms with van der Waals surface area (Å²) in [5.74, 6) is 1.85. The number of nitrogens with zero attached hydrogens (tertiary/aromatic N) is 4. The molecule has 0 saturated heterocycles. The van der Waals surface area contributed by atoms with E-state index in [1.54, 1.807) is 16.7 Å². The van der Waals surface area contributed by atoms with Crippen LogP contribution in [0.25, 0.3) is 16.3 Å². The molecule has 1 heterocycles. The molecule has 0 bridgehead atoms. The largest absolute Gasteiger partial charge is 0.304 e. The van der Waals surface area contributed by atoms with Gasteiger partial charge in [-0.05, 0) is 17.7 Å². The van der Waals surface area contributed by atoms with Crippen molar-refractivity contribution in [3.63, 3.8) is 0 Å². The first-order valence-corrected chi connectivity index (χ1v) is 8.93. The van der Waals surface area contributed by atoms with Crippen LogP contribution in [0.4, 0.5) is 11.4 Å². The van der Waals surface area contributed by atoms with Gasteiger partial charge >= 0.3 is 0 Å². The van der Waals surface area contributed by atoms with Crippen LogP contribution in [0, 0.1) is 32.6 Å². The van der Waals surface area contributed by atoms with Crippen LogP contribution in [0.3, 0.4) is 0 Å². The number of carbonyl (C=O) groups excluding carboxylic acids is 1. The Morgan fingerprint density at radius 3 is 2.59 bits per heavy atom. The molecular weight excluding hydrogens is 396 g/mol. The Kier molecular flexibility index (Phi) is 5.61. The van der Waals surface area contributed by atoms with Gasteiger partial charge in [-0.25, -0.2) is 0 Å². The predicted octanol–water partition coefficient (Wildman–Crippen LogP) is 3.29. The SMILES string of the molecule is C#CCn1c(=NC(=O)C=Cc2cccc([N+](=O)[O-])c2)sc2ccc([N+](=O)[O-])cc21. The lowest BCUT2D eigenvalue weighted by Crippen LogP contribution is -2.15. The molecule has 1 aromatic heterocycles. The first-order chi connectivity index (χ1) is 13.9. The fraction of sp³-hybridized carbons (Fsp3) is 0.0526. The summed E-state index contributed by atoms with van der Waals surface area (Å²) >= 11 is 1.17. The lowest BCUT2D eigenvalue weighted by molar-refractivity contribution is -0.385. The number of fused-ring (bicyclic) bond motifs is 1. The number of carbonyl (C=O) groups is 1. The van der Waals surface area contributed by atoms with Gasteiger partial charge in [-0.1, -0.05) is 29.4 Å². The molecule has 0 aliphatic carbocycles. The Morgan fingerprint density at radius 2 is 1.90 bits per heavy atom. The minimum atomic E-state index is -0.594. The second-order valence-corrected chi connectivity index (χ2v) is 6.73. The number of hydrogen-bond donors (Lipinski definition) is 0. The number of thiazole rings is 1. The van der Waals surface area contributed by atoms with Crippen molar-refractivity contribution in [3.05, 3.63) is 79.1 Å².